The Bertz CT molecular complexity index is 998. The van der Waals surface area contributed by atoms with Gasteiger partial charge in [-0.05, 0) is 24.3 Å². The number of primary sulfonamides is 1. The minimum atomic E-state index is -3.75. The number of halogens is 1. The normalized spacial score (nSPS) is 11.6. The van der Waals surface area contributed by atoms with E-state index in [0.29, 0.717) is 27.9 Å². The number of aromatic nitrogens is 1. The summed E-state index contributed by atoms with van der Waals surface area (Å²) in [7, 11) is -2.21. The number of oxazole rings is 1. The predicted octanol–water partition coefficient (Wildman–Crippen LogP) is 3.46. The number of ether oxygens (including phenoxy) is 1. The molecule has 0 fully saturated rings. The summed E-state index contributed by atoms with van der Waals surface area (Å²) in [6.45, 7) is 0.211. The molecule has 0 unspecified atom stereocenters. The van der Waals surface area contributed by atoms with Crippen molar-refractivity contribution in [2.75, 3.05) is 7.11 Å². The molecule has 0 radical (unpaired) electrons. The highest BCUT2D eigenvalue weighted by molar-refractivity contribution is 7.89. The lowest BCUT2D eigenvalue weighted by Crippen LogP contribution is -2.11. The largest absolute Gasteiger partial charge is 0.437 e. The molecule has 0 aliphatic rings. The molecule has 6 nitrogen and oxygen atoms in total. The van der Waals surface area contributed by atoms with Crippen LogP contribution in [0.5, 0.6) is 0 Å². The van der Waals surface area contributed by atoms with Gasteiger partial charge in [-0.1, -0.05) is 35.9 Å². The summed E-state index contributed by atoms with van der Waals surface area (Å²) >= 11 is 6.06. The van der Waals surface area contributed by atoms with Crippen LogP contribution in [0, 0.1) is 0 Å². The fourth-order valence-electron chi connectivity index (χ4n) is 2.37. The van der Waals surface area contributed by atoms with Crippen LogP contribution in [-0.2, 0) is 21.4 Å². The van der Waals surface area contributed by atoms with Crippen LogP contribution < -0.4 is 5.14 Å². The molecule has 25 heavy (non-hydrogen) atoms. The number of sulfonamides is 1. The number of methoxy groups -OCH3 is 1. The molecule has 0 bridgehead atoms. The highest BCUT2D eigenvalue weighted by Gasteiger charge is 2.18. The van der Waals surface area contributed by atoms with Crippen LogP contribution in [0.4, 0.5) is 0 Å². The highest BCUT2D eigenvalue weighted by Crippen LogP contribution is 2.34. The van der Waals surface area contributed by atoms with Gasteiger partial charge in [-0.2, -0.15) is 0 Å². The lowest BCUT2D eigenvalue weighted by atomic mass is 10.1. The molecule has 1 aromatic heterocycles. The number of nitrogens with zero attached hydrogens (tertiary/aromatic N) is 1. The number of hydrogen-bond donors (Lipinski definition) is 1. The minimum Gasteiger partial charge on any atom is -0.437 e. The molecule has 0 atom stereocenters. The van der Waals surface area contributed by atoms with Gasteiger partial charge in [0.2, 0.25) is 15.9 Å². The van der Waals surface area contributed by atoms with Crippen molar-refractivity contribution in [1.29, 1.82) is 0 Å². The summed E-state index contributed by atoms with van der Waals surface area (Å²) in [4.78, 5) is 4.48. The van der Waals surface area contributed by atoms with Gasteiger partial charge in [0.05, 0.1) is 4.90 Å². The summed E-state index contributed by atoms with van der Waals surface area (Å²) in [6.07, 6.45) is 0. The zero-order valence-corrected chi connectivity index (χ0v) is 14.8. The van der Waals surface area contributed by atoms with Gasteiger partial charge < -0.3 is 9.15 Å². The van der Waals surface area contributed by atoms with Crippen molar-refractivity contribution in [3.8, 4) is 22.6 Å². The average Bonchev–Trinajstić information content (AvgIpc) is 2.98. The smallest absolute Gasteiger partial charge is 0.238 e. The fourth-order valence-corrected chi connectivity index (χ4v) is 3.08. The van der Waals surface area contributed by atoms with E-state index in [9.17, 15) is 8.42 Å². The first kappa shape index (κ1) is 17.6. The molecule has 0 aliphatic heterocycles. The van der Waals surface area contributed by atoms with Gasteiger partial charge in [-0.25, -0.2) is 18.5 Å². The topological polar surface area (TPSA) is 95.4 Å². The Labute approximate surface area is 150 Å². The zero-order valence-electron chi connectivity index (χ0n) is 13.3. The van der Waals surface area contributed by atoms with E-state index in [1.54, 1.807) is 31.4 Å². The van der Waals surface area contributed by atoms with E-state index in [1.165, 1.54) is 12.1 Å². The maximum Gasteiger partial charge on any atom is 0.238 e. The molecule has 3 rings (SSSR count). The minimum absolute atomic E-state index is 0.0289. The zero-order chi connectivity index (χ0) is 18.0. The summed E-state index contributed by atoms with van der Waals surface area (Å²) < 4.78 is 33.7. The van der Waals surface area contributed by atoms with Crippen LogP contribution >= 0.6 is 11.6 Å². The summed E-state index contributed by atoms with van der Waals surface area (Å²) in [5.74, 6) is 0.931. The Hall–Kier alpha value is -2.19. The molecule has 0 saturated carbocycles. The van der Waals surface area contributed by atoms with Crippen molar-refractivity contribution in [3.05, 3.63) is 59.4 Å². The summed E-state index contributed by atoms with van der Waals surface area (Å²) in [6, 6.07) is 13.3. The van der Waals surface area contributed by atoms with Crippen LogP contribution in [-0.4, -0.2) is 20.5 Å². The first-order valence-corrected chi connectivity index (χ1v) is 9.19. The molecule has 3 aromatic rings. The van der Waals surface area contributed by atoms with Crippen LogP contribution in [0.15, 0.2) is 57.8 Å². The molecule has 0 saturated heterocycles. The third-order valence-electron chi connectivity index (χ3n) is 3.48. The van der Waals surface area contributed by atoms with E-state index >= 15 is 0 Å². The second-order valence-electron chi connectivity index (χ2n) is 5.30. The van der Waals surface area contributed by atoms with Gasteiger partial charge >= 0.3 is 0 Å². The Balaban J connectivity index is 2.11. The van der Waals surface area contributed by atoms with Gasteiger partial charge in [0, 0.05) is 23.3 Å². The molecule has 2 aromatic carbocycles. The van der Waals surface area contributed by atoms with Gasteiger partial charge in [0.1, 0.15) is 12.3 Å². The lowest BCUT2D eigenvalue weighted by molar-refractivity contribution is 0.160. The fraction of sp³-hybridized carbons (Fsp3) is 0.118. The molecular formula is C17H15ClN2O4S. The lowest BCUT2D eigenvalue weighted by Gasteiger charge is -2.03. The third-order valence-corrected chi connectivity index (χ3v) is 4.65. The number of rotatable bonds is 5. The van der Waals surface area contributed by atoms with Crippen molar-refractivity contribution >= 4 is 21.6 Å². The number of hydrogen-bond acceptors (Lipinski definition) is 5. The first-order valence-electron chi connectivity index (χ1n) is 7.26. The quantitative estimate of drug-likeness (QED) is 0.733. The van der Waals surface area contributed by atoms with E-state index < -0.39 is 10.0 Å². The summed E-state index contributed by atoms with van der Waals surface area (Å²) in [5.41, 5.74) is 2.01. The molecule has 0 amide bonds. The van der Waals surface area contributed by atoms with Gasteiger partial charge in [0.15, 0.2) is 5.76 Å². The van der Waals surface area contributed by atoms with Crippen LogP contribution in [0.25, 0.3) is 22.6 Å². The molecule has 1 heterocycles. The maximum atomic E-state index is 11.4. The first-order chi connectivity index (χ1) is 11.9. The van der Waals surface area contributed by atoms with Crippen LogP contribution in [0.2, 0.25) is 5.02 Å². The van der Waals surface area contributed by atoms with E-state index in [0.717, 1.165) is 5.56 Å². The van der Waals surface area contributed by atoms with Crippen molar-refractivity contribution < 1.29 is 17.6 Å². The average molecular weight is 379 g/mol. The van der Waals surface area contributed by atoms with Crippen molar-refractivity contribution in [2.24, 2.45) is 5.14 Å². The van der Waals surface area contributed by atoms with Crippen molar-refractivity contribution in [2.45, 2.75) is 11.5 Å². The van der Waals surface area contributed by atoms with Gasteiger partial charge in [0.25, 0.3) is 0 Å². The van der Waals surface area contributed by atoms with E-state index in [-0.39, 0.29) is 11.5 Å². The number of benzene rings is 2. The Morgan fingerprint density at radius 1 is 1.16 bits per heavy atom. The van der Waals surface area contributed by atoms with E-state index in [2.05, 4.69) is 4.98 Å². The summed E-state index contributed by atoms with van der Waals surface area (Å²) in [5, 5.41) is 5.70. The predicted molar refractivity (Wildman–Crippen MR) is 94.5 cm³/mol. The standard InChI is InChI=1S/C17H15ClN2O4S/c1-23-10-15-20-16(11-5-7-14(8-6-11)25(19,21)22)17(24-15)12-3-2-4-13(18)9-12/h2-9H,10H2,1H3,(H2,19,21,22). The highest BCUT2D eigenvalue weighted by atomic mass is 35.5. The monoisotopic (exact) mass is 378 g/mol. The Morgan fingerprint density at radius 3 is 2.48 bits per heavy atom. The third kappa shape index (κ3) is 3.91. The Kier molecular flexibility index (Phi) is 4.91. The molecule has 130 valence electrons. The molecule has 0 aliphatic carbocycles. The second-order valence-corrected chi connectivity index (χ2v) is 7.30. The molecule has 8 heteroatoms. The second kappa shape index (κ2) is 6.97. The van der Waals surface area contributed by atoms with Crippen molar-refractivity contribution in [3.63, 3.8) is 0 Å². The number of nitrogens with two attached hydrogens (primary N) is 1. The Morgan fingerprint density at radius 2 is 1.88 bits per heavy atom. The van der Waals surface area contributed by atoms with E-state index in [1.807, 2.05) is 12.1 Å². The molecule has 0 spiro atoms. The van der Waals surface area contributed by atoms with Gasteiger partial charge in [-0.15, -0.1) is 0 Å². The molecule has 2 N–H and O–H groups in total. The SMILES string of the molecule is COCc1nc(-c2ccc(S(N)(=O)=O)cc2)c(-c2cccc(Cl)c2)o1. The van der Waals surface area contributed by atoms with Crippen molar-refractivity contribution in [1.82, 2.24) is 4.98 Å². The van der Waals surface area contributed by atoms with Crippen LogP contribution in [0.1, 0.15) is 5.89 Å². The molecular weight excluding hydrogens is 364 g/mol. The van der Waals surface area contributed by atoms with Crippen LogP contribution in [0.3, 0.4) is 0 Å². The van der Waals surface area contributed by atoms with E-state index in [4.69, 9.17) is 25.9 Å². The maximum absolute atomic E-state index is 11.4. The van der Waals surface area contributed by atoms with Gasteiger partial charge in [-0.3, -0.25) is 0 Å².